The number of hydrogen-bond donors (Lipinski definition) is 1. The molecule has 1 heterocycles. The van der Waals surface area contributed by atoms with Crippen LogP contribution in [0.3, 0.4) is 0 Å². The standard InChI is InChI=1S/C12H10BrN3O/c1-8-7-9(4-5-10(8)13)15-12(17)11-3-2-6-14-16-11/h2-7H,1H3,(H,15,17). The first-order valence-electron chi connectivity index (χ1n) is 5.02. The number of carbonyl (C=O) groups is 1. The fourth-order valence-corrected chi connectivity index (χ4v) is 1.59. The number of rotatable bonds is 2. The lowest BCUT2D eigenvalue weighted by atomic mass is 10.2. The number of halogens is 1. The van der Waals surface area contributed by atoms with Crippen LogP contribution in [0.2, 0.25) is 0 Å². The summed E-state index contributed by atoms with van der Waals surface area (Å²) in [4.78, 5) is 11.8. The van der Waals surface area contributed by atoms with Gasteiger partial charge in [-0.2, -0.15) is 5.10 Å². The number of benzene rings is 1. The summed E-state index contributed by atoms with van der Waals surface area (Å²) in [5.41, 5.74) is 2.09. The summed E-state index contributed by atoms with van der Waals surface area (Å²) in [6, 6.07) is 8.90. The maximum atomic E-state index is 11.8. The van der Waals surface area contributed by atoms with Crippen molar-refractivity contribution in [3.63, 3.8) is 0 Å². The third-order valence-electron chi connectivity index (χ3n) is 2.22. The average molecular weight is 292 g/mol. The van der Waals surface area contributed by atoms with Crippen molar-refractivity contribution in [2.75, 3.05) is 5.32 Å². The number of hydrogen-bond acceptors (Lipinski definition) is 3. The average Bonchev–Trinajstić information content (AvgIpc) is 2.35. The molecule has 1 aromatic carbocycles. The first kappa shape index (κ1) is 11.7. The lowest BCUT2D eigenvalue weighted by Gasteiger charge is -2.06. The largest absolute Gasteiger partial charge is 0.321 e. The minimum Gasteiger partial charge on any atom is -0.321 e. The molecule has 0 aliphatic rings. The van der Waals surface area contributed by atoms with E-state index in [0.717, 1.165) is 15.7 Å². The molecular weight excluding hydrogens is 282 g/mol. The van der Waals surface area contributed by atoms with E-state index in [1.165, 1.54) is 6.20 Å². The molecular formula is C12H10BrN3O. The molecule has 0 atom stereocenters. The molecule has 4 nitrogen and oxygen atoms in total. The molecule has 1 N–H and O–H groups in total. The second-order valence-electron chi connectivity index (χ2n) is 3.53. The highest BCUT2D eigenvalue weighted by molar-refractivity contribution is 9.10. The van der Waals surface area contributed by atoms with Crippen LogP contribution in [0.25, 0.3) is 0 Å². The molecule has 17 heavy (non-hydrogen) atoms. The minimum absolute atomic E-state index is 0.264. The van der Waals surface area contributed by atoms with Gasteiger partial charge in [-0.25, -0.2) is 0 Å². The Morgan fingerprint density at radius 3 is 2.82 bits per heavy atom. The van der Waals surface area contributed by atoms with Crippen molar-refractivity contribution in [1.29, 1.82) is 0 Å². The lowest BCUT2D eigenvalue weighted by molar-refractivity contribution is 0.102. The maximum absolute atomic E-state index is 11.8. The van der Waals surface area contributed by atoms with Gasteiger partial charge in [-0.3, -0.25) is 4.79 Å². The fourth-order valence-electron chi connectivity index (χ4n) is 1.34. The summed E-state index contributed by atoms with van der Waals surface area (Å²) < 4.78 is 1.01. The van der Waals surface area contributed by atoms with Gasteiger partial charge in [0.05, 0.1) is 0 Å². The molecule has 2 rings (SSSR count). The highest BCUT2D eigenvalue weighted by atomic mass is 79.9. The SMILES string of the molecule is Cc1cc(NC(=O)c2cccnn2)ccc1Br. The fraction of sp³-hybridized carbons (Fsp3) is 0.0833. The molecule has 1 amide bonds. The van der Waals surface area contributed by atoms with Gasteiger partial charge in [-0.15, -0.1) is 5.10 Å². The number of aryl methyl sites for hydroxylation is 1. The van der Waals surface area contributed by atoms with Crippen molar-refractivity contribution in [2.24, 2.45) is 0 Å². The van der Waals surface area contributed by atoms with Gasteiger partial charge in [-0.1, -0.05) is 15.9 Å². The van der Waals surface area contributed by atoms with E-state index in [-0.39, 0.29) is 5.91 Å². The van der Waals surface area contributed by atoms with Gasteiger partial charge < -0.3 is 5.32 Å². The summed E-state index contributed by atoms with van der Waals surface area (Å²) >= 11 is 3.41. The van der Waals surface area contributed by atoms with Crippen LogP contribution >= 0.6 is 15.9 Å². The summed E-state index contributed by atoms with van der Waals surface area (Å²) in [6.45, 7) is 1.96. The molecule has 86 valence electrons. The van der Waals surface area contributed by atoms with Crippen LogP contribution in [0.5, 0.6) is 0 Å². The topological polar surface area (TPSA) is 54.9 Å². The molecule has 0 radical (unpaired) electrons. The number of carbonyl (C=O) groups excluding carboxylic acids is 1. The summed E-state index contributed by atoms with van der Waals surface area (Å²) in [5, 5.41) is 10.2. The van der Waals surface area contributed by atoms with Crippen molar-refractivity contribution in [2.45, 2.75) is 6.92 Å². The van der Waals surface area contributed by atoms with Crippen LogP contribution < -0.4 is 5.32 Å². The highest BCUT2D eigenvalue weighted by Gasteiger charge is 2.07. The molecule has 0 saturated heterocycles. The molecule has 0 fully saturated rings. The number of nitrogens with one attached hydrogen (secondary N) is 1. The molecule has 0 spiro atoms. The van der Waals surface area contributed by atoms with Crippen molar-refractivity contribution in [3.05, 3.63) is 52.3 Å². The maximum Gasteiger partial charge on any atom is 0.276 e. The summed E-state index contributed by atoms with van der Waals surface area (Å²) in [6.07, 6.45) is 1.53. The Kier molecular flexibility index (Phi) is 3.49. The van der Waals surface area contributed by atoms with Gasteiger partial charge in [0.1, 0.15) is 0 Å². The van der Waals surface area contributed by atoms with Crippen molar-refractivity contribution in [3.8, 4) is 0 Å². The zero-order valence-corrected chi connectivity index (χ0v) is 10.7. The van der Waals surface area contributed by atoms with Gasteiger partial charge in [0, 0.05) is 16.4 Å². The third-order valence-corrected chi connectivity index (χ3v) is 3.11. The van der Waals surface area contributed by atoms with E-state index in [1.807, 2.05) is 25.1 Å². The van der Waals surface area contributed by atoms with Gasteiger partial charge in [0.15, 0.2) is 5.69 Å². The minimum atomic E-state index is -0.264. The number of aromatic nitrogens is 2. The smallest absolute Gasteiger partial charge is 0.276 e. The Bertz CT molecular complexity index is 543. The molecule has 5 heteroatoms. The molecule has 1 aromatic heterocycles. The van der Waals surface area contributed by atoms with Crippen LogP contribution in [-0.4, -0.2) is 16.1 Å². The van der Waals surface area contributed by atoms with E-state index in [1.54, 1.807) is 12.1 Å². The predicted molar refractivity (Wildman–Crippen MR) is 68.9 cm³/mol. The first-order valence-corrected chi connectivity index (χ1v) is 5.81. The van der Waals surface area contributed by atoms with E-state index in [2.05, 4.69) is 31.4 Å². The van der Waals surface area contributed by atoms with Crippen molar-refractivity contribution >= 4 is 27.5 Å². The Morgan fingerprint density at radius 2 is 2.18 bits per heavy atom. The monoisotopic (exact) mass is 291 g/mol. The van der Waals surface area contributed by atoms with Crippen LogP contribution in [-0.2, 0) is 0 Å². The molecule has 0 unspecified atom stereocenters. The van der Waals surface area contributed by atoms with E-state index < -0.39 is 0 Å². The summed E-state index contributed by atoms with van der Waals surface area (Å²) in [5.74, 6) is -0.264. The van der Waals surface area contributed by atoms with Gasteiger partial charge in [0.2, 0.25) is 0 Å². The Morgan fingerprint density at radius 1 is 1.35 bits per heavy atom. The molecule has 0 aliphatic heterocycles. The van der Waals surface area contributed by atoms with Gasteiger partial charge >= 0.3 is 0 Å². The van der Waals surface area contributed by atoms with Crippen LogP contribution in [0, 0.1) is 6.92 Å². The summed E-state index contributed by atoms with van der Waals surface area (Å²) in [7, 11) is 0. The van der Waals surface area contributed by atoms with E-state index in [9.17, 15) is 4.79 Å². The molecule has 0 bridgehead atoms. The Labute approximate surface area is 107 Å². The Balaban J connectivity index is 2.16. The van der Waals surface area contributed by atoms with E-state index >= 15 is 0 Å². The number of amides is 1. The van der Waals surface area contributed by atoms with Crippen LogP contribution in [0.1, 0.15) is 16.1 Å². The van der Waals surface area contributed by atoms with E-state index in [0.29, 0.717) is 5.69 Å². The Hall–Kier alpha value is -1.75. The molecule has 0 aliphatic carbocycles. The van der Waals surface area contributed by atoms with Crippen molar-refractivity contribution in [1.82, 2.24) is 10.2 Å². The van der Waals surface area contributed by atoms with Crippen LogP contribution in [0.15, 0.2) is 41.0 Å². The van der Waals surface area contributed by atoms with Gasteiger partial charge in [0.25, 0.3) is 5.91 Å². The normalized spacial score (nSPS) is 10.0. The second-order valence-corrected chi connectivity index (χ2v) is 4.38. The highest BCUT2D eigenvalue weighted by Crippen LogP contribution is 2.20. The van der Waals surface area contributed by atoms with Crippen molar-refractivity contribution < 1.29 is 4.79 Å². The zero-order chi connectivity index (χ0) is 12.3. The quantitative estimate of drug-likeness (QED) is 0.926. The number of anilines is 1. The predicted octanol–water partition coefficient (Wildman–Crippen LogP) is 2.80. The first-order chi connectivity index (χ1) is 8.16. The second kappa shape index (κ2) is 5.05. The molecule has 2 aromatic rings. The lowest BCUT2D eigenvalue weighted by Crippen LogP contribution is -2.14. The molecule has 0 saturated carbocycles. The van der Waals surface area contributed by atoms with E-state index in [4.69, 9.17) is 0 Å². The third kappa shape index (κ3) is 2.88. The van der Waals surface area contributed by atoms with Gasteiger partial charge in [-0.05, 0) is 42.8 Å². The van der Waals surface area contributed by atoms with Crippen LogP contribution in [0.4, 0.5) is 5.69 Å². The zero-order valence-electron chi connectivity index (χ0n) is 9.14. The number of nitrogens with zero attached hydrogens (tertiary/aromatic N) is 2.